The van der Waals surface area contributed by atoms with Gasteiger partial charge in [-0.1, -0.05) is 72.8 Å². The summed E-state index contributed by atoms with van der Waals surface area (Å²) in [4.78, 5) is 35.8. The van der Waals surface area contributed by atoms with E-state index in [2.05, 4.69) is 27.8 Å². The van der Waals surface area contributed by atoms with Crippen LogP contribution in [0.2, 0.25) is 0 Å². The number of fused-ring (bicyclic) bond motifs is 2. The molecule has 3 amide bonds. The van der Waals surface area contributed by atoms with Crippen molar-refractivity contribution in [3.63, 3.8) is 0 Å². The highest BCUT2D eigenvalue weighted by Gasteiger charge is 2.36. The molecule has 2 heterocycles. The number of aromatic nitrogens is 1. The summed E-state index contributed by atoms with van der Waals surface area (Å²) in [7, 11) is 0. The van der Waals surface area contributed by atoms with Gasteiger partial charge in [0.15, 0.2) is 5.13 Å². The average Bonchev–Trinajstić information content (AvgIpc) is 3.55. The lowest BCUT2D eigenvalue weighted by Gasteiger charge is -2.40. The Morgan fingerprint density at radius 1 is 0.870 bits per heavy atom. The quantitative estimate of drug-likeness (QED) is 0.170. The number of nitrogens with zero attached hydrogens (tertiary/aromatic N) is 2. The number of carbonyl (C=O) groups is 2. The number of amides is 3. The van der Waals surface area contributed by atoms with E-state index in [1.165, 1.54) is 35.2 Å². The van der Waals surface area contributed by atoms with Crippen molar-refractivity contribution in [1.82, 2.24) is 4.98 Å². The van der Waals surface area contributed by atoms with Crippen LogP contribution in [0.15, 0.2) is 143 Å². The lowest BCUT2D eigenvalue weighted by Crippen LogP contribution is -2.49. The van der Waals surface area contributed by atoms with Crippen LogP contribution >= 0.6 is 34.9 Å². The van der Waals surface area contributed by atoms with Gasteiger partial charge < -0.3 is 10.6 Å². The molecular formula is C36H27FN4O2S3. The summed E-state index contributed by atoms with van der Waals surface area (Å²) in [5.74, 6) is -0.543. The highest BCUT2D eigenvalue weighted by molar-refractivity contribution is 8.00. The fourth-order valence-corrected chi connectivity index (χ4v) is 8.41. The topological polar surface area (TPSA) is 74.3 Å². The molecule has 3 unspecified atom stereocenters. The molecule has 1 aliphatic heterocycles. The molecule has 0 radical (unpaired) electrons. The molecule has 10 heteroatoms. The summed E-state index contributed by atoms with van der Waals surface area (Å²) in [6.45, 7) is 0. The largest absolute Gasteiger partial charge is 0.326 e. The number of carbonyl (C=O) groups excluding carboxylic acids is 2. The van der Waals surface area contributed by atoms with E-state index in [1.807, 2.05) is 101 Å². The molecule has 7 rings (SSSR count). The maximum atomic E-state index is 13.8. The van der Waals surface area contributed by atoms with Crippen molar-refractivity contribution in [2.75, 3.05) is 15.5 Å². The number of hydrogen-bond donors (Lipinski definition) is 2. The molecule has 5 aromatic rings. The Bertz CT molecular complexity index is 1940. The van der Waals surface area contributed by atoms with Gasteiger partial charge in [-0.25, -0.2) is 14.2 Å². The molecule has 0 bridgehead atoms. The zero-order chi connectivity index (χ0) is 31.5. The normalized spacial score (nSPS) is 17.1. The molecule has 6 nitrogen and oxygen atoms in total. The molecule has 0 fully saturated rings. The maximum absolute atomic E-state index is 13.8. The van der Waals surface area contributed by atoms with E-state index in [1.54, 1.807) is 23.9 Å². The number of benzene rings is 4. The van der Waals surface area contributed by atoms with E-state index in [-0.39, 0.29) is 29.0 Å². The highest BCUT2D eigenvalue weighted by Crippen LogP contribution is 2.44. The predicted molar refractivity (Wildman–Crippen MR) is 187 cm³/mol. The SMILES string of the molecule is O=C(Nc1nc(-c2ccc(F)cc2)cs1)C(Sc1cccc(NC(=O)N2c3ccccc3SC3C=CC=CC32)c1)c1ccccc1. The Kier molecular flexibility index (Phi) is 8.74. The number of allylic oxidation sites excluding steroid dienone is 2. The molecule has 2 aliphatic rings. The first-order valence-electron chi connectivity index (χ1n) is 14.6. The van der Waals surface area contributed by atoms with E-state index in [4.69, 9.17) is 0 Å². The Morgan fingerprint density at radius 2 is 1.65 bits per heavy atom. The molecular weight excluding hydrogens is 636 g/mol. The molecule has 0 spiro atoms. The smallest absolute Gasteiger partial charge is 0.307 e. The lowest BCUT2D eigenvalue weighted by molar-refractivity contribution is -0.115. The van der Waals surface area contributed by atoms with Crippen LogP contribution in [-0.2, 0) is 4.79 Å². The Hall–Kier alpha value is -4.64. The minimum atomic E-state index is -0.587. The molecule has 1 aromatic heterocycles. The Balaban J connectivity index is 1.10. The van der Waals surface area contributed by atoms with Crippen molar-refractivity contribution >= 4 is 63.3 Å². The first-order chi connectivity index (χ1) is 22.5. The molecule has 0 saturated carbocycles. The molecule has 228 valence electrons. The van der Waals surface area contributed by atoms with Gasteiger partial charge in [-0.2, -0.15) is 0 Å². The number of halogens is 1. The number of thioether (sulfide) groups is 2. The Morgan fingerprint density at radius 3 is 2.50 bits per heavy atom. The van der Waals surface area contributed by atoms with Crippen LogP contribution in [0.3, 0.4) is 0 Å². The summed E-state index contributed by atoms with van der Waals surface area (Å²) in [5, 5.41) is 7.90. The summed E-state index contributed by atoms with van der Waals surface area (Å²) in [6, 6.07) is 30.8. The molecule has 0 saturated heterocycles. The number of hydrogen-bond acceptors (Lipinski definition) is 6. The summed E-state index contributed by atoms with van der Waals surface area (Å²) in [5.41, 5.74) is 3.77. The fraction of sp³-hybridized carbons (Fsp3) is 0.0833. The number of anilines is 3. The zero-order valence-electron chi connectivity index (χ0n) is 24.2. The van der Waals surface area contributed by atoms with Gasteiger partial charge in [0.2, 0.25) is 5.91 Å². The van der Waals surface area contributed by atoms with Crippen LogP contribution in [0.5, 0.6) is 0 Å². The second-order valence-electron chi connectivity index (χ2n) is 10.6. The fourth-order valence-electron chi connectivity index (χ4n) is 5.35. The first kappa shape index (κ1) is 30.0. The van der Waals surface area contributed by atoms with Gasteiger partial charge in [-0.15, -0.1) is 34.9 Å². The van der Waals surface area contributed by atoms with Gasteiger partial charge in [0.05, 0.1) is 22.7 Å². The highest BCUT2D eigenvalue weighted by atomic mass is 32.2. The molecule has 4 aromatic carbocycles. The summed E-state index contributed by atoms with van der Waals surface area (Å²) < 4.78 is 13.4. The van der Waals surface area contributed by atoms with Crippen molar-refractivity contribution in [3.8, 4) is 11.3 Å². The van der Waals surface area contributed by atoms with Crippen LogP contribution in [0, 0.1) is 5.82 Å². The predicted octanol–water partition coefficient (Wildman–Crippen LogP) is 9.43. The van der Waals surface area contributed by atoms with E-state index in [9.17, 15) is 14.0 Å². The Labute approximate surface area is 278 Å². The van der Waals surface area contributed by atoms with Crippen LogP contribution in [0.1, 0.15) is 10.8 Å². The minimum Gasteiger partial charge on any atom is -0.307 e. The van der Waals surface area contributed by atoms with Gasteiger partial charge in [0.25, 0.3) is 0 Å². The zero-order valence-corrected chi connectivity index (χ0v) is 26.7. The second-order valence-corrected chi connectivity index (χ2v) is 13.8. The number of urea groups is 1. The van der Waals surface area contributed by atoms with Crippen molar-refractivity contribution < 1.29 is 14.0 Å². The van der Waals surface area contributed by atoms with Gasteiger partial charge in [0, 0.05) is 26.4 Å². The average molecular weight is 663 g/mol. The van der Waals surface area contributed by atoms with Crippen LogP contribution < -0.4 is 15.5 Å². The minimum absolute atomic E-state index is 0.108. The number of rotatable bonds is 7. The lowest BCUT2D eigenvalue weighted by atomic mass is 10.1. The number of thiazole rings is 1. The number of nitrogens with one attached hydrogen (secondary N) is 2. The third-order valence-electron chi connectivity index (χ3n) is 7.52. The van der Waals surface area contributed by atoms with E-state index in [0.29, 0.717) is 16.5 Å². The van der Waals surface area contributed by atoms with Gasteiger partial charge in [0.1, 0.15) is 11.1 Å². The molecule has 3 atom stereocenters. The summed E-state index contributed by atoms with van der Waals surface area (Å²) in [6.07, 6.45) is 8.20. The van der Waals surface area contributed by atoms with Gasteiger partial charge >= 0.3 is 6.03 Å². The van der Waals surface area contributed by atoms with Crippen LogP contribution in [0.4, 0.5) is 25.7 Å². The second kappa shape index (κ2) is 13.4. The number of para-hydroxylation sites is 1. The summed E-state index contributed by atoms with van der Waals surface area (Å²) >= 11 is 4.47. The third-order valence-corrected chi connectivity index (χ3v) is 10.8. The monoisotopic (exact) mass is 662 g/mol. The van der Waals surface area contributed by atoms with E-state index in [0.717, 1.165) is 26.6 Å². The first-order valence-corrected chi connectivity index (χ1v) is 17.2. The third kappa shape index (κ3) is 6.50. The molecule has 46 heavy (non-hydrogen) atoms. The molecule has 2 N–H and O–H groups in total. The molecule has 1 aliphatic carbocycles. The van der Waals surface area contributed by atoms with Crippen molar-refractivity contribution in [1.29, 1.82) is 0 Å². The van der Waals surface area contributed by atoms with Crippen molar-refractivity contribution in [3.05, 3.63) is 144 Å². The van der Waals surface area contributed by atoms with Crippen LogP contribution in [0.25, 0.3) is 11.3 Å². The van der Waals surface area contributed by atoms with Crippen molar-refractivity contribution in [2.45, 2.75) is 26.3 Å². The van der Waals surface area contributed by atoms with E-state index >= 15 is 0 Å². The van der Waals surface area contributed by atoms with Gasteiger partial charge in [-0.05, 0) is 60.2 Å². The van der Waals surface area contributed by atoms with Gasteiger partial charge in [-0.3, -0.25) is 9.69 Å². The van der Waals surface area contributed by atoms with Crippen LogP contribution in [-0.4, -0.2) is 28.2 Å². The van der Waals surface area contributed by atoms with E-state index < -0.39 is 5.25 Å². The van der Waals surface area contributed by atoms with Crippen molar-refractivity contribution in [2.24, 2.45) is 0 Å². The maximum Gasteiger partial charge on any atom is 0.326 e. The standard InChI is InChI=1S/C36H27FN4O2S3/c37-25-19-17-23(18-20-25)28-22-44-35(39-28)40-34(42)33(24-9-2-1-3-10-24)45-27-12-8-11-26(21-27)38-36(43)41-29-13-4-6-15-31(29)46-32-16-7-5-14-30(32)41/h1-22,29,31,33H,(H,38,43)(H,39,40,42).